The summed E-state index contributed by atoms with van der Waals surface area (Å²) in [6, 6.07) is 5.77. The summed E-state index contributed by atoms with van der Waals surface area (Å²) in [7, 11) is 0. The van der Waals surface area contributed by atoms with Gasteiger partial charge in [-0.05, 0) is 43.7 Å². The molecule has 0 spiro atoms. The molecule has 0 radical (unpaired) electrons. The number of carbonyl (C=O) groups is 1. The van der Waals surface area contributed by atoms with Gasteiger partial charge in [0.15, 0.2) is 0 Å². The third-order valence-corrected chi connectivity index (χ3v) is 4.51. The first kappa shape index (κ1) is 16.5. The summed E-state index contributed by atoms with van der Waals surface area (Å²) >= 11 is 0. The molecule has 1 fully saturated rings. The third-order valence-electron chi connectivity index (χ3n) is 4.51. The molecule has 0 saturated carbocycles. The summed E-state index contributed by atoms with van der Waals surface area (Å²) in [5.41, 5.74) is 0.383. The number of pyridine rings is 1. The van der Waals surface area contributed by atoms with Crippen molar-refractivity contribution in [2.24, 2.45) is 0 Å². The van der Waals surface area contributed by atoms with Crippen molar-refractivity contribution in [1.29, 1.82) is 0 Å². The van der Waals surface area contributed by atoms with Crippen molar-refractivity contribution in [3.63, 3.8) is 0 Å². The van der Waals surface area contributed by atoms with Crippen molar-refractivity contribution < 1.29 is 9.18 Å². The fourth-order valence-corrected chi connectivity index (χ4v) is 3.21. The predicted octanol–water partition coefficient (Wildman–Crippen LogP) is 1.87. The van der Waals surface area contributed by atoms with Crippen LogP contribution in [0.15, 0.2) is 41.5 Å². The Morgan fingerprint density at radius 1 is 1.38 bits per heavy atom. The fraction of sp³-hybridized carbons (Fsp3) is 0.278. The molecule has 1 aliphatic rings. The van der Waals surface area contributed by atoms with Crippen LogP contribution in [0.5, 0.6) is 0 Å². The lowest BCUT2D eigenvalue weighted by atomic mass is 10.1. The highest BCUT2D eigenvalue weighted by Gasteiger charge is 2.16. The molecule has 8 heteroatoms. The quantitative estimate of drug-likeness (QED) is 0.666. The van der Waals surface area contributed by atoms with Gasteiger partial charge in [-0.2, -0.15) is 5.10 Å². The number of anilines is 1. The van der Waals surface area contributed by atoms with E-state index in [0.29, 0.717) is 22.6 Å². The number of hydrogen-bond acceptors (Lipinski definition) is 4. The molecular weight excluding hydrogens is 337 g/mol. The van der Waals surface area contributed by atoms with Crippen LogP contribution in [-0.2, 0) is 6.54 Å². The monoisotopic (exact) mass is 355 g/mol. The maximum Gasteiger partial charge on any atom is 0.261 e. The molecule has 1 amide bonds. The number of rotatable bonds is 4. The summed E-state index contributed by atoms with van der Waals surface area (Å²) in [5, 5.41) is 10.7. The average molecular weight is 355 g/mol. The summed E-state index contributed by atoms with van der Waals surface area (Å²) in [6.07, 6.45) is 5.53. The third kappa shape index (κ3) is 3.36. The van der Waals surface area contributed by atoms with E-state index in [1.165, 1.54) is 24.3 Å². The van der Waals surface area contributed by atoms with E-state index in [2.05, 4.69) is 20.7 Å². The Labute approximate surface area is 148 Å². The highest BCUT2D eigenvalue weighted by Crippen LogP contribution is 2.15. The maximum absolute atomic E-state index is 13.4. The van der Waals surface area contributed by atoms with E-state index in [9.17, 15) is 14.0 Å². The standard InChI is InChI=1S/C18H18FN5O2/c19-12-3-4-16-11(6-12)7-15(18(26)23-16)17(25)22-14-8-21-24(10-14)9-13-2-1-5-20-13/h3-4,6-8,10,13,20H,1-2,5,9H2,(H,22,25)(H,23,26). The van der Waals surface area contributed by atoms with Crippen molar-refractivity contribution in [3.05, 3.63) is 58.4 Å². The molecular formula is C18H18FN5O2. The number of fused-ring (bicyclic) bond motifs is 1. The number of nitrogens with zero attached hydrogens (tertiary/aromatic N) is 2. The lowest BCUT2D eigenvalue weighted by molar-refractivity contribution is 0.102. The molecule has 7 nitrogen and oxygen atoms in total. The van der Waals surface area contributed by atoms with Crippen LogP contribution in [0.2, 0.25) is 0 Å². The van der Waals surface area contributed by atoms with Crippen LogP contribution in [-0.4, -0.2) is 33.3 Å². The van der Waals surface area contributed by atoms with Gasteiger partial charge >= 0.3 is 0 Å². The Balaban J connectivity index is 1.52. The van der Waals surface area contributed by atoms with E-state index < -0.39 is 17.3 Å². The molecule has 0 bridgehead atoms. The molecule has 4 rings (SSSR count). The van der Waals surface area contributed by atoms with E-state index >= 15 is 0 Å². The van der Waals surface area contributed by atoms with Gasteiger partial charge in [0.2, 0.25) is 0 Å². The number of hydrogen-bond donors (Lipinski definition) is 3. The molecule has 3 heterocycles. The van der Waals surface area contributed by atoms with Crippen LogP contribution in [0.4, 0.5) is 10.1 Å². The number of benzene rings is 1. The normalized spacial score (nSPS) is 16.9. The number of amides is 1. The van der Waals surface area contributed by atoms with Gasteiger partial charge in [0.1, 0.15) is 11.4 Å². The van der Waals surface area contributed by atoms with Gasteiger partial charge in [0.25, 0.3) is 11.5 Å². The first-order valence-corrected chi connectivity index (χ1v) is 8.48. The van der Waals surface area contributed by atoms with Crippen molar-refractivity contribution in [2.45, 2.75) is 25.4 Å². The van der Waals surface area contributed by atoms with E-state index in [1.54, 1.807) is 17.1 Å². The van der Waals surface area contributed by atoms with Crippen LogP contribution in [0.3, 0.4) is 0 Å². The first-order valence-electron chi connectivity index (χ1n) is 8.48. The minimum absolute atomic E-state index is 0.0756. The number of H-pyrrole nitrogens is 1. The zero-order valence-corrected chi connectivity index (χ0v) is 14.0. The van der Waals surface area contributed by atoms with Gasteiger partial charge in [-0.1, -0.05) is 0 Å². The number of aromatic nitrogens is 3. The molecule has 1 aliphatic heterocycles. The van der Waals surface area contributed by atoms with E-state index in [1.807, 2.05) is 0 Å². The van der Waals surface area contributed by atoms with Gasteiger partial charge < -0.3 is 15.6 Å². The summed E-state index contributed by atoms with van der Waals surface area (Å²) < 4.78 is 15.1. The Kier molecular flexibility index (Phi) is 4.26. The smallest absolute Gasteiger partial charge is 0.261 e. The Bertz CT molecular complexity index is 1020. The van der Waals surface area contributed by atoms with E-state index in [4.69, 9.17) is 0 Å². The highest BCUT2D eigenvalue weighted by atomic mass is 19.1. The van der Waals surface area contributed by atoms with Crippen LogP contribution < -0.4 is 16.2 Å². The molecule has 2 aromatic heterocycles. The van der Waals surface area contributed by atoms with Crippen molar-refractivity contribution in [1.82, 2.24) is 20.1 Å². The zero-order valence-electron chi connectivity index (χ0n) is 14.0. The molecule has 1 aromatic carbocycles. The largest absolute Gasteiger partial charge is 0.321 e. The molecule has 3 N–H and O–H groups in total. The molecule has 134 valence electrons. The lowest BCUT2D eigenvalue weighted by Crippen LogP contribution is -2.26. The number of nitrogens with one attached hydrogen (secondary N) is 3. The number of carbonyl (C=O) groups excluding carboxylic acids is 1. The summed E-state index contributed by atoms with van der Waals surface area (Å²) in [6.45, 7) is 1.74. The predicted molar refractivity (Wildman–Crippen MR) is 95.7 cm³/mol. The SMILES string of the molecule is O=C(Nc1cnn(CC2CCCN2)c1)c1cc2cc(F)ccc2[nH]c1=O. The fourth-order valence-electron chi connectivity index (χ4n) is 3.21. The van der Waals surface area contributed by atoms with Gasteiger partial charge in [-0.15, -0.1) is 0 Å². The van der Waals surface area contributed by atoms with Gasteiger partial charge in [0, 0.05) is 23.1 Å². The number of aromatic amines is 1. The second-order valence-electron chi connectivity index (χ2n) is 6.44. The molecule has 26 heavy (non-hydrogen) atoms. The lowest BCUT2D eigenvalue weighted by Gasteiger charge is -2.09. The minimum atomic E-state index is -0.559. The van der Waals surface area contributed by atoms with Crippen LogP contribution in [0.1, 0.15) is 23.2 Å². The van der Waals surface area contributed by atoms with Gasteiger partial charge in [-0.25, -0.2) is 4.39 Å². The van der Waals surface area contributed by atoms with E-state index in [-0.39, 0.29) is 5.56 Å². The Morgan fingerprint density at radius 3 is 3.08 bits per heavy atom. The molecule has 0 aliphatic carbocycles. The zero-order chi connectivity index (χ0) is 18.1. The molecule has 3 aromatic rings. The summed E-state index contributed by atoms with van der Waals surface area (Å²) in [4.78, 5) is 27.2. The maximum atomic E-state index is 13.4. The highest BCUT2D eigenvalue weighted by molar-refractivity contribution is 6.05. The van der Waals surface area contributed by atoms with Crippen molar-refractivity contribution in [2.75, 3.05) is 11.9 Å². The van der Waals surface area contributed by atoms with Gasteiger partial charge in [-0.3, -0.25) is 14.3 Å². The van der Waals surface area contributed by atoms with Crippen LogP contribution in [0, 0.1) is 5.82 Å². The Morgan fingerprint density at radius 2 is 2.27 bits per heavy atom. The summed E-state index contributed by atoms with van der Waals surface area (Å²) in [5.74, 6) is -0.992. The average Bonchev–Trinajstić information content (AvgIpc) is 3.27. The van der Waals surface area contributed by atoms with E-state index in [0.717, 1.165) is 25.9 Å². The number of halogens is 1. The second-order valence-corrected chi connectivity index (χ2v) is 6.44. The van der Waals surface area contributed by atoms with Crippen LogP contribution in [0.25, 0.3) is 10.9 Å². The topological polar surface area (TPSA) is 91.8 Å². The van der Waals surface area contributed by atoms with Crippen molar-refractivity contribution in [3.8, 4) is 0 Å². The van der Waals surface area contributed by atoms with Crippen molar-refractivity contribution >= 4 is 22.5 Å². The van der Waals surface area contributed by atoms with Crippen LogP contribution >= 0.6 is 0 Å². The molecule has 1 atom stereocenters. The second kappa shape index (κ2) is 6.72. The molecule has 1 unspecified atom stereocenters. The molecule has 1 saturated heterocycles. The Hall–Kier alpha value is -3.00. The van der Waals surface area contributed by atoms with Gasteiger partial charge in [0.05, 0.1) is 18.4 Å². The first-order chi connectivity index (χ1) is 12.6. The minimum Gasteiger partial charge on any atom is -0.321 e.